The van der Waals surface area contributed by atoms with Crippen molar-refractivity contribution < 1.29 is 17.9 Å². The summed E-state index contributed by atoms with van der Waals surface area (Å²) in [6, 6.07) is 16.6. The van der Waals surface area contributed by atoms with Crippen molar-refractivity contribution >= 4 is 10.0 Å². The summed E-state index contributed by atoms with van der Waals surface area (Å²) in [4.78, 5) is 0. The lowest BCUT2D eigenvalue weighted by molar-refractivity contribution is 0.0679. The van der Waals surface area contributed by atoms with Crippen LogP contribution >= 0.6 is 0 Å². The predicted octanol–water partition coefficient (Wildman–Crippen LogP) is 2.86. The highest BCUT2D eigenvalue weighted by Crippen LogP contribution is 2.16. The Hall–Kier alpha value is -1.89. The van der Waals surface area contributed by atoms with Crippen LogP contribution in [0.5, 0.6) is 5.75 Å². The van der Waals surface area contributed by atoms with E-state index < -0.39 is 10.0 Å². The molecule has 0 aromatic heterocycles. The van der Waals surface area contributed by atoms with E-state index in [0.717, 1.165) is 36.3 Å². The zero-order chi connectivity index (χ0) is 17.5. The topological polar surface area (TPSA) is 64.6 Å². The van der Waals surface area contributed by atoms with Gasteiger partial charge in [0.1, 0.15) is 12.4 Å². The van der Waals surface area contributed by atoms with E-state index in [9.17, 15) is 8.42 Å². The fourth-order valence-corrected chi connectivity index (χ4v) is 3.83. The van der Waals surface area contributed by atoms with E-state index >= 15 is 0 Å². The second-order valence-corrected chi connectivity index (χ2v) is 7.96. The summed E-state index contributed by atoms with van der Waals surface area (Å²) in [5.74, 6) is 0.752. The third-order valence-corrected chi connectivity index (χ3v) is 5.38. The molecule has 1 atom stereocenters. The Labute approximate surface area is 149 Å². The standard InChI is InChI=1S/C19H23NO4S/c21-25(22,15-17-5-2-1-3-6-17)20-13-16-8-10-18(11-9-16)24-14-19-7-4-12-23-19/h1-3,5-6,8-11,19-20H,4,7,12-15H2. The second kappa shape index (κ2) is 8.47. The molecule has 0 aliphatic carbocycles. The molecule has 5 nitrogen and oxygen atoms in total. The van der Waals surface area contributed by atoms with Crippen molar-refractivity contribution in [2.45, 2.75) is 31.2 Å². The molecule has 1 heterocycles. The first-order valence-corrected chi connectivity index (χ1v) is 10.1. The van der Waals surface area contributed by atoms with Crippen LogP contribution in [-0.2, 0) is 27.1 Å². The van der Waals surface area contributed by atoms with E-state index in [0.29, 0.717) is 6.61 Å². The molecule has 2 aromatic rings. The molecular formula is C19H23NO4S. The Morgan fingerprint density at radius 2 is 1.80 bits per heavy atom. The first-order chi connectivity index (χ1) is 12.1. The highest BCUT2D eigenvalue weighted by molar-refractivity contribution is 7.88. The average Bonchev–Trinajstić information content (AvgIpc) is 3.13. The zero-order valence-electron chi connectivity index (χ0n) is 14.1. The third kappa shape index (κ3) is 5.85. The number of hydrogen-bond acceptors (Lipinski definition) is 4. The fourth-order valence-electron chi connectivity index (χ4n) is 2.71. The monoisotopic (exact) mass is 361 g/mol. The Morgan fingerprint density at radius 1 is 1.04 bits per heavy atom. The lowest BCUT2D eigenvalue weighted by Crippen LogP contribution is -2.24. The third-order valence-electron chi connectivity index (χ3n) is 4.08. The maximum Gasteiger partial charge on any atom is 0.216 e. The van der Waals surface area contributed by atoms with Gasteiger partial charge in [-0.25, -0.2) is 13.1 Å². The minimum absolute atomic E-state index is 0.0174. The molecule has 1 fully saturated rings. The van der Waals surface area contributed by atoms with Gasteiger partial charge < -0.3 is 9.47 Å². The molecule has 0 amide bonds. The normalized spacial score (nSPS) is 17.5. The first-order valence-electron chi connectivity index (χ1n) is 8.45. The summed E-state index contributed by atoms with van der Waals surface area (Å²) in [7, 11) is -3.36. The number of rotatable bonds is 8. The number of sulfonamides is 1. The summed E-state index contributed by atoms with van der Waals surface area (Å²) in [6.45, 7) is 1.64. The molecule has 1 aliphatic rings. The molecule has 0 spiro atoms. The minimum atomic E-state index is -3.36. The maximum absolute atomic E-state index is 12.1. The van der Waals surface area contributed by atoms with E-state index in [4.69, 9.17) is 9.47 Å². The molecule has 0 bridgehead atoms. The van der Waals surface area contributed by atoms with Crippen molar-refractivity contribution in [3.05, 3.63) is 65.7 Å². The zero-order valence-corrected chi connectivity index (χ0v) is 14.9. The van der Waals surface area contributed by atoms with Crippen molar-refractivity contribution in [2.24, 2.45) is 0 Å². The molecule has 1 aliphatic heterocycles. The van der Waals surface area contributed by atoms with Gasteiger partial charge in [0.05, 0.1) is 11.9 Å². The summed E-state index contributed by atoms with van der Waals surface area (Å²) >= 11 is 0. The molecule has 6 heteroatoms. The molecule has 134 valence electrons. The van der Waals surface area contributed by atoms with Crippen LogP contribution in [0.2, 0.25) is 0 Å². The van der Waals surface area contributed by atoms with Crippen LogP contribution < -0.4 is 9.46 Å². The molecule has 0 saturated carbocycles. The van der Waals surface area contributed by atoms with E-state index in [1.54, 1.807) is 12.1 Å². The van der Waals surface area contributed by atoms with Crippen LogP contribution in [-0.4, -0.2) is 27.7 Å². The number of hydrogen-bond donors (Lipinski definition) is 1. The van der Waals surface area contributed by atoms with Crippen LogP contribution in [0.15, 0.2) is 54.6 Å². The SMILES string of the molecule is O=S(=O)(Cc1ccccc1)NCc1ccc(OCC2CCCO2)cc1. The highest BCUT2D eigenvalue weighted by atomic mass is 32.2. The van der Waals surface area contributed by atoms with Crippen LogP contribution in [0.25, 0.3) is 0 Å². The molecular weight excluding hydrogens is 338 g/mol. The molecule has 25 heavy (non-hydrogen) atoms. The van der Waals surface area contributed by atoms with Gasteiger partial charge in [-0.3, -0.25) is 0 Å². The lowest BCUT2D eigenvalue weighted by atomic mass is 10.2. The van der Waals surface area contributed by atoms with Crippen molar-refractivity contribution in [2.75, 3.05) is 13.2 Å². The highest BCUT2D eigenvalue weighted by Gasteiger charge is 2.16. The Balaban J connectivity index is 1.47. The quantitative estimate of drug-likeness (QED) is 0.785. The molecule has 1 saturated heterocycles. The van der Waals surface area contributed by atoms with Gasteiger partial charge >= 0.3 is 0 Å². The fraction of sp³-hybridized carbons (Fsp3) is 0.368. The van der Waals surface area contributed by atoms with Gasteiger partial charge in [0.15, 0.2) is 0 Å². The van der Waals surface area contributed by atoms with Crippen LogP contribution in [0.1, 0.15) is 24.0 Å². The average molecular weight is 361 g/mol. The van der Waals surface area contributed by atoms with E-state index in [-0.39, 0.29) is 18.4 Å². The predicted molar refractivity (Wildman–Crippen MR) is 96.8 cm³/mol. The summed E-state index contributed by atoms with van der Waals surface area (Å²) in [6.07, 6.45) is 2.32. The van der Waals surface area contributed by atoms with E-state index in [1.807, 2.05) is 42.5 Å². The minimum Gasteiger partial charge on any atom is -0.491 e. The summed E-state index contributed by atoms with van der Waals surface area (Å²) < 4.78 is 38.1. The first kappa shape index (κ1) is 17.9. The Kier molecular flexibility index (Phi) is 6.07. The summed E-state index contributed by atoms with van der Waals surface area (Å²) in [5.41, 5.74) is 1.66. The maximum atomic E-state index is 12.1. The van der Waals surface area contributed by atoms with Gasteiger partial charge in [0, 0.05) is 13.2 Å². The van der Waals surface area contributed by atoms with Gasteiger partial charge in [-0.15, -0.1) is 0 Å². The Bertz CT molecular complexity index is 754. The van der Waals surface area contributed by atoms with Crippen molar-refractivity contribution in [3.8, 4) is 5.75 Å². The van der Waals surface area contributed by atoms with Crippen molar-refractivity contribution in [1.29, 1.82) is 0 Å². The second-order valence-electron chi connectivity index (χ2n) is 6.16. The van der Waals surface area contributed by atoms with E-state index in [2.05, 4.69) is 4.72 Å². The summed E-state index contributed by atoms with van der Waals surface area (Å²) in [5, 5.41) is 0. The van der Waals surface area contributed by atoms with E-state index in [1.165, 1.54) is 0 Å². The smallest absolute Gasteiger partial charge is 0.216 e. The number of nitrogens with one attached hydrogen (secondary N) is 1. The molecule has 2 aromatic carbocycles. The van der Waals surface area contributed by atoms with Crippen LogP contribution in [0, 0.1) is 0 Å². The molecule has 1 N–H and O–H groups in total. The van der Waals surface area contributed by atoms with Crippen molar-refractivity contribution in [1.82, 2.24) is 4.72 Å². The van der Waals surface area contributed by atoms with Gasteiger partial charge in [0.2, 0.25) is 10.0 Å². The molecule has 1 unspecified atom stereocenters. The van der Waals surface area contributed by atoms with Gasteiger partial charge in [-0.1, -0.05) is 42.5 Å². The van der Waals surface area contributed by atoms with Gasteiger partial charge in [-0.2, -0.15) is 0 Å². The van der Waals surface area contributed by atoms with Crippen molar-refractivity contribution in [3.63, 3.8) is 0 Å². The van der Waals surface area contributed by atoms with Gasteiger partial charge in [-0.05, 0) is 36.1 Å². The van der Waals surface area contributed by atoms with Crippen LogP contribution in [0.3, 0.4) is 0 Å². The number of benzene rings is 2. The Morgan fingerprint density at radius 3 is 2.48 bits per heavy atom. The largest absolute Gasteiger partial charge is 0.491 e. The molecule has 0 radical (unpaired) electrons. The number of ether oxygens (including phenoxy) is 2. The van der Waals surface area contributed by atoms with Crippen LogP contribution in [0.4, 0.5) is 0 Å². The molecule has 3 rings (SSSR count). The lowest BCUT2D eigenvalue weighted by Gasteiger charge is -2.12. The van der Waals surface area contributed by atoms with Gasteiger partial charge in [0.25, 0.3) is 0 Å².